The van der Waals surface area contributed by atoms with Crippen LogP contribution in [0.15, 0.2) is 48.5 Å². The Morgan fingerprint density at radius 2 is 1.85 bits per heavy atom. The monoisotopic (exact) mass is 288 g/mol. The number of carboxylic acid groups (broad SMARTS) is 1. The van der Waals surface area contributed by atoms with Crippen molar-refractivity contribution in [2.75, 3.05) is 0 Å². The molecule has 1 heterocycles. The van der Waals surface area contributed by atoms with Gasteiger partial charge in [0.1, 0.15) is 11.9 Å². The fraction of sp³-hybridized carbons (Fsp3) is 0.188. The molecule has 0 fully saturated rings. The molecule has 0 unspecified atom stereocenters. The highest BCUT2D eigenvalue weighted by atomic mass is 35.5. The molecular formula is C16H13ClO3. The highest BCUT2D eigenvalue weighted by Gasteiger charge is 2.36. The topological polar surface area (TPSA) is 46.5 Å². The Hall–Kier alpha value is -2.00. The van der Waals surface area contributed by atoms with Crippen LogP contribution in [0.1, 0.15) is 29.6 Å². The highest BCUT2D eigenvalue weighted by molar-refractivity contribution is 6.30. The second-order valence-electron chi connectivity index (χ2n) is 4.83. The van der Waals surface area contributed by atoms with Gasteiger partial charge in [0.05, 0.1) is 6.42 Å². The van der Waals surface area contributed by atoms with Crippen molar-refractivity contribution in [2.45, 2.75) is 18.4 Å². The molecule has 0 saturated heterocycles. The first-order chi connectivity index (χ1) is 9.65. The molecule has 1 N–H and O–H groups in total. The number of para-hydroxylation sites is 1. The molecule has 3 nitrogen and oxygen atoms in total. The summed E-state index contributed by atoms with van der Waals surface area (Å²) < 4.78 is 5.94. The summed E-state index contributed by atoms with van der Waals surface area (Å²) in [7, 11) is 0. The quantitative estimate of drug-likeness (QED) is 0.927. The van der Waals surface area contributed by atoms with Gasteiger partial charge in [0, 0.05) is 16.5 Å². The van der Waals surface area contributed by atoms with Crippen LogP contribution in [-0.4, -0.2) is 11.1 Å². The number of carbonyl (C=O) groups is 1. The van der Waals surface area contributed by atoms with E-state index in [-0.39, 0.29) is 18.4 Å². The highest BCUT2D eigenvalue weighted by Crippen LogP contribution is 2.47. The summed E-state index contributed by atoms with van der Waals surface area (Å²) in [6.07, 6.45) is -0.231. The molecule has 2 aromatic carbocycles. The van der Waals surface area contributed by atoms with E-state index in [1.807, 2.05) is 36.4 Å². The third-order valence-electron chi connectivity index (χ3n) is 3.53. The number of benzene rings is 2. The van der Waals surface area contributed by atoms with Gasteiger partial charge in [-0.25, -0.2) is 0 Å². The van der Waals surface area contributed by atoms with Gasteiger partial charge in [0.2, 0.25) is 0 Å². The Labute approximate surface area is 121 Å². The molecule has 1 aliphatic heterocycles. The maximum absolute atomic E-state index is 11.1. The van der Waals surface area contributed by atoms with Gasteiger partial charge in [-0.1, -0.05) is 41.9 Å². The van der Waals surface area contributed by atoms with Gasteiger partial charge < -0.3 is 9.84 Å². The third kappa shape index (κ3) is 2.37. The van der Waals surface area contributed by atoms with Crippen LogP contribution in [0.3, 0.4) is 0 Å². The predicted octanol–water partition coefficient (Wildman–Crippen LogP) is 4.03. The van der Waals surface area contributed by atoms with Gasteiger partial charge in [-0.3, -0.25) is 4.79 Å². The van der Waals surface area contributed by atoms with Gasteiger partial charge in [-0.15, -0.1) is 0 Å². The van der Waals surface area contributed by atoms with Crippen molar-refractivity contribution in [1.29, 1.82) is 0 Å². The average molecular weight is 289 g/mol. The molecule has 0 spiro atoms. The minimum atomic E-state index is -0.825. The van der Waals surface area contributed by atoms with Crippen molar-refractivity contribution in [1.82, 2.24) is 0 Å². The van der Waals surface area contributed by atoms with Gasteiger partial charge in [-0.2, -0.15) is 0 Å². The van der Waals surface area contributed by atoms with Gasteiger partial charge in [0.25, 0.3) is 0 Å². The maximum atomic E-state index is 11.1. The molecule has 0 radical (unpaired) electrons. The van der Waals surface area contributed by atoms with Crippen molar-refractivity contribution >= 4 is 17.6 Å². The Morgan fingerprint density at radius 3 is 2.55 bits per heavy atom. The first kappa shape index (κ1) is 13.0. The Balaban J connectivity index is 1.98. The fourth-order valence-electron chi connectivity index (χ4n) is 2.63. The van der Waals surface area contributed by atoms with Crippen molar-refractivity contribution < 1.29 is 14.6 Å². The summed E-state index contributed by atoms with van der Waals surface area (Å²) in [5.41, 5.74) is 1.90. The second kappa shape index (κ2) is 5.17. The van der Waals surface area contributed by atoms with E-state index in [0.29, 0.717) is 5.02 Å². The summed E-state index contributed by atoms with van der Waals surface area (Å²) in [6.45, 7) is 0. The lowest BCUT2D eigenvalue weighted by Gasteiger charge is -2.18. The van der Waals surface area contributed by atoms with E-state index in [1.165, 1.54) is 0 Å². The smallest absolute Gasteiger partial charge is 0.304 e. The molecule has 0 aliphatic carbocycles. The summed E-state index contributed by atoms with van der Waals surface area (Å²) in [6, 6.07) is 14.9. The lowest BCUT2D eigenvalue weighted by Crippen LogP contribution is -2.13. The molecular weight excluding hydrogens is 276 g/mol. The second-order valence-corrected chi connectivity index (χ2v) is 5.27. The molecule has 20 heavy (non-hydrogen) atoms. The van der Waals surface area contributed by atoms with E-state index in [1.54, 1.807) is 12.1 Å². The number of aliphatic carboxylic acids is 1. The largest absolute Gasteiger partial charge is 0.485 e. The van der Waals surface area contributed by atoms with Crippen LogP contribution >= 0.6 is 11.6 Å². The van der Waals surface area contributed by atoms with Crippen LogP contribution in [0.4, 0.5) is 0 Å². The van der Waals surface area contributed by atoms with E-state index in [4.69, 9.17) is 21.4 Å². The minimum Gasteiger partial charge on any atom is -0.485 e. The van der Waals surface area contributed by atoms with Crippen molar-refractivity contribution in [3.8, 4) is 5.75 Å². The average Bonchev–Trinajstić information content (AvgIpc) is 2.78. The lowest BCUT2D eigenvalue weighted by atomic mass is 9.88. The van der Waals surface area contributed by atoms with Gasteiger partial charge in [0.15, 0.2) is 0 Å². The summed E-state index contributed by atoms with van der Waals surface area (Å²) in [5.74, 6) is -0.238. The zero-order chi connectivity index (χ0) is 14.1. The summed E-state index contributed by atoms with van der Waals surface area (Å²) in [4.78, 5) is 11.1. The lowest BCUT2D eigenvalue weighted by molar-refractivity contribution is -0.137. The zero-order valence-corrected chi connectivity index (χ0v) is 11.4. The van der Waals surface area contributed by atoms with E-state index >= 15 is 0 Å². The molecule has 2 atom stereocenters. The van der Waals surface area contributed by atoms with E-state index in [0.717, 1.165) is 16.9 Å². The molecule has 2 aromatic rings. The molecule has 0 aromatic heterocycles. The normalized spacial score (nSPS) is 20.2. The number of rotatable bonds is 3. The predicted molar refractivity (Wildman–Crippen MR) is 76.3 cm³/mol. The van der Waals surface area contributed by atoms with E-state index in [2.05, 4.69) is 0 Å². The molecule has 1 aliphatic rings. The van der Waals surface area contributed by atoms with Crippen LogP contribution in [0, 0.1) is 0 Å². The first-order valence-electron chi connectivity index (χ1n) is 6.38. The van der Waals surface area contributed by atoms with Crippen LogP contribution in [-0.2, 0) is 4.79 Å². The Morgan fingerprint density at radius 1 is 1.15 bits per heavy atom. The van der Waals surface area contributed by atoms with Crippen molar-refractivity contribution in [2.24, 2.45) is 0 Å². The van der Waals surface area contributed by atoms with Crippen LogP contribution in [0.2, 0.25) is 5.02 Å². The number of halogens is 1. The van der Waals surface area contributed by atoms with E-state index < -0.39 is 5.97 Å². The fourth-order valence-corrected chi connectivity index (χ4v) is 2.76. The van der Waals surface area contributed by atoms with Crippen molar-refractivity contribution in [3.05, 3.63) is 64.7 Å². The van der Waals surface area contributed by atoms with Crippen molar-refractivity contribution in [3.63, 3.8) is 0 Å². The SMILES string of the molecule is O=C(O)C[C@H]1c2ccccc2O[C@@H]1c1ccc(Cl)cc1. The number of hydrogen-bond acceptors (Lipinski definition) is 2. The summed E-state index contributed by atoms with van der Waals surface area (Å²) >= 11 is 5.89. The Bertz CT molecular complexity index is 636. The van der Waals surface area contributed by atoms with Crippen LogP contribution < -0.4 is 4.74 Å². The van der Waals surface area contributed by atoms with E-state index in [9.17, 15) is 4.79 Å². The molecule has 0 saturated carbocycles. The Kier molecular flexibility index (Phi) is 3.36. The van der Waals surface area contributed by atoms with Gasteiger partial charge >= 0.3 is 5.97 Å². The molecule has 3 rings (SSSR count). The molecule has 102 valence electrons. The molecule has 0 bridgehead atoms. The first-order valence-corrected chi connectivity index (χ1v) is 6.76. The number of ether oxygens (including phenoxy) is 1. The minimum absolute atomic E-state index is 0.0459. The van der Waals surface area contributed by atoms with Crippen LogP contribution in [0.25, 0.3) is 0 Å². The number of hydrogen-bond donors (Lipinski definition) is 1. The van der Waals surface area contributed by atoms with Crippen LogP contribution in [0.5, 0.6) is 5.75 Å². The number of carboxylic acids is 1. The molecule has 0 amide bonds. The summed E-state index contributed by atoms with van der Waals surface area (Å²) in [5, 5.41) is 9.78. The third-order valence-corrected chi connectivity index (χ3v) is 3.78. The number of fused-ring (bicyclic) bond motifs is 1. The zero-order valence-electron chi connectivity index (χ0n) is 10.6. The maximum Gasteiger partial charge on any atom is 0.304 e. The van der Waals surface area contributed by atoms with Gasteiger partial charge in [-0.05, 0) is 23.8 Å². The standard InChI is InChI=1S/C16H13ClO3/c17-11-7-5-10(6-8-11)16-13(9-15(18)19)12-3-1-2-4-14(12)20-16/h1-8,13,16H,9H2,(H,18,19)/t13-,16+/m0/s1. The molecule has 4 heteroatoms.